The summed E-state index contributed by atoms with van der Waals surface area (Å²) in [5.41, 5.74) is 6.03. The van der Waals surface area contributed by atoms with Gasteiger partial charge in [0, 0.05) is 10.9 Å². The van der Waals surface area contributed by atoms with Gasteiger partial charge in [-0.25, -0.2) is 0 Å². The molecule has 0 aromatic carbocycles. The number of aryl methyl sites for hydroxylation is 1. The number of thiophene rings is 1. The molecule has 1 saturated carbocycles. The molecule has 1 atom stereocenters. The van der Waals surface area contributed by atoms with E-state index in [0.29, 0.717) is 6.04 Å². The van der Waals surface area contributed by atoms with Crippen LogP contribution in [0.4, 0.5) is 0 Å². The SMILES string of the molecule is NC(CCc1ccc(Br)s1)C1CC1. The van der Waals surface area contributed by atoms with Gasteiger partial charge in [0.25, 0.3) is 0 Å². The van der Waals surface area contributed by atoms with Crippen LogP contribution >= 0.6 is 27.3 Å². The van der Waals surface area contributed by atoms with Gasteiger partial charge in [0.2, 0.25) is 0 Å². The zero-order chi connectivity index (χ0) is 9.26. The van der Waals surface area contributed by atoms with Gasteiger partial charge in [-0.05, 0) is 59.7 Å². The molecule has 13 heavy (non-hydrogen) atoms. The van der Waals surface area contributed by atoms with E-state index in [-0.39, 0.29) is 0 Å². The van der Waals surface area contributed by atoms with Crippen LogP contribution in [-0.2, 0) is 6.42 Å². The van der Waals surface area contributed by atoms with Crippen LogP contribution in [-0.4, -0.2) is 6.04 Å². The van der Waals surface area contributed by atoms with Crippen molar-refractivity contribution >= 4 is 27.3 Å². The lowest BCUT2D eigenvalue weighted by atomic mass is 10.1. The second kappa shape index (κ2) is 4.11. The van der Waals surface area contributed by atoms with Crippen molar-refractivity contribution in [1.29, 1.82) is 0 Å². The third-order valence-corrected chi connectivity index (χ3v) is 4.26. The molecule has 3 heteroatoms. The van der Waals surface area contributed by atoms with Crippen molar-refractivity contribution in [2.45, 2.75) is 31.7 Å². The molecule has 1 aromatic heterocycles. The van der Waals surface area contributed by atoms with E-state index in [2.05, 4.69) is 28.1 Å². The maximum atomic E-state index is 6.03. The van der Waals surface area contributed by atoms with Crippen LogP contribution in [0.2, 0.25) is 0 Å². The molecule has 1 heterocycles. The van der Waals surface area contributed by atoms with Crippen LogP contribution in [0.3, 0.4) is 0 Å². The fourth-order valence-electron chi connectivity index (χ4n) is 1.56. The number of halogens is 1. The molecule has 1 aromatic rings. The number of nitrogens with two attached hydrogens (primary N) is 1. The average Bonchev–Trinajstić information content (AvgIpc) is 2.87. The fourth-order valence-corrected chi connectivity index (χ4v) is 3.05. The van der Waals surface area contributed by atoms with Gasteiger partial charge in [0.1, 0.15) is 0 Å². The van der Waals surface area contributed by atoms with Gasteiger partial charge in [0.15, 0.2) is 0 Å². The van der Waals surface area contributed by atoms with E-state index in [9.17, 15) is 0 Å². The monoisotopic (exact) mass is 259 g/mol. The maximum Gasteiger partial charge on any atom is 0.0701 e. The molecule has 1 nitrogen and oxygen atoms in total. The van der Waals surface area contributed by atoms with E-state index in [1.807, 2.05) is 11.3 Å². The summed E-state index contributed by atoms with van der Waals surface area (Å²) < 4.78 is 1.22. The Morgan fingerprint density at radius 3 is 2.85 bits per heavy atom. The standard InChI is InChI=1S/C10H14BrNS/c11-10-6-4-8(13-10)3-5-9(12)7-1-2-7/h4,6-7,9H,1-3,5,12H2. The Bertz CT molecular complexity index is 280. The van der Waals surface area contributed by atoms with Crippen molar-refractivity contribution < 1.29 is 0 Å². The van der Waals surface area contributed by atoms with Crippen molar-refractivity contribution in [3.63, 3.8) is 0 Å². The maximum absolute atomic E-state index is 6.03. The normalized spacial score (nSPS) is 18.9. The molecule has 1 aliphatic rings. The summed E-state index contributed by atoms with van der Waals surface area (Å²) in [5.74, 6) is 0.836. The van der Waals surface area contributed by atoms with Crippen LogP contribution in [0.15, 0.2) is 15.9 Å². The Labute approximate surface area is 91.5 Å². The third-order valence-electron chi connectivity index (χ3n) is 2.58. The highest BCUT2D eigenvalue weighted by atomic mass is 79.9. The van der Waals surface area contributed by atoms with Crippen molar-refractivity contribution in [3.05, 3.63) is 20.8 Å². The first-order valence-electron chi connectivity index (χ1n) is 4.75. The average molecular weight is 260 g/mol. The Hall–Kier alpha value is 0.140. The molecule has 1 aliphatic carbocycles. The number of rotatable bonds is 4. The topological polar surface area (TPSA) is 26.0 Å². The largest absolute Gasteiger partial charge is 0.327 e. The first-order chi connectivity index (χ1) is 6.25. The minimum Gasteiger partial charge on any atom is -0.327 e. The van der Waals surface area contributed by atoms with Gasteiger partial charge >= 0.3 is 0 Å². The fraction of sp³-hybridized carbons (Fsp3) is 0.600. The lowest BCUT2D eigenvalue weighted by Crippen LogP contribution is -2.22. The molecular formula is C10H14BrNS. The van der Waals surface area contributed by atoms with Gasteiger partial charge in [-0.2, -0.15) is 0 Å². The Balaban J connectivity index is 1.78. The third kappa shape index (κ3) is 2.79. The lowest BCUT2D eigenvalue weighted by Gasteiger charge is -2.07. The summed E-state index contributed by atoms with van der Waals surface area (Å²) in [6.07, 6.45) is 5.01. The predicted octanol–water partition coefficient (Wildman–Crippen LogP) is 3.18. The van der Waals surface area contributed by atoms with Crippen molar-refractivity contribution in [2.24, 2.45) is 11.7 Å². The van der Waals surface area contributed by atoms with E-state index in [0.717, 1.165) is 18.8 Å². The quantitative estimate of drug-likeness (QED) is 0.884. The summed E-state index contributed by atoms with van der Waals surface area (Å²) in [7, 11) is 0. The highest BCUT2D eigenvalue weighted by molar-refractivity contribution is 9.11. The molecule has 0 aliphatic heterocycles. The molecule has 1 fully saturated rings. The zero-order valence-corrected chi connectivity index (χ0v) is 9.90. The molecule has 0 spiro atoms. The summed E-state index contributed by atoms with van der Waals surface area (Å²) in [5, 5.41) is 0. The van der Waals surface area contributed by atoms with E-state index >= 15 is 0 Å². The van der Waals surface area contributed by atoms with Crippen LogP contribution in [0.5, 0.6) is 0 Å². The molecule has 0 amide bonds. The molecule has 72 valence electrons. The highest BCUT2D eigenvalue weighted by Crippen LogP contribution is 2.33. The van der Waals surface area contributed by atoms with Crippen LogP contribution in [0.1, 0.15) is 24.1 Å². The van der Waals surface area contributed by atoms with Gasteiger partial charge in [-0.3, -0.25) is 0 Å². The molecule has 0 bridgehead atoms. The van der Waals surface area contributed by atoms with E-state index in [1.165, 1.54) is 21.5 Å². The highest BCUT2D eigenvalue weighted by Gasteiger charge is 2.27. The molecule has 1 unspecified atom stereocenters. The second-order valence-electron chi connectivity index (χ2n) is 3.75. The van der Waals surface area contributed by atoms with Crippen molar-refractivity contribution in [1.82, 2.24) is 0 Å². The van der Waals surface area contributed by atoms with Crippen LogP contribution in [0, 0.1) is 5.92 Å². The first kappa shape index (κ1) is 9.69. The minimum absolute atomic E-state index is 0.445. The summed E-state index contributed by atoms with van der Waals surface area (Å²) in [6.45, 7) is 0. The van der Waals surface area contributed by atoms with Crippen molar-refractivity contribution in [3.8, 4) is 0 Å². The second-order valence-corrected chi connectivity index (χ2v) is 6.29. The molecule has 0 saturated heterocycles. The van der Waals surface area contributed by atoms with Gasteiger partial charge in [-0.15, -0.1) is 11.3 Å². The predicted molar refractivity (Wildman–Crippen MR) is 61.0 cm³/mol. The molecule has 2 N–H and O–H groups in total. The Kier molecular flexibility index (Phi) is 3.06. The Morgan fingerprint density at radius 1 is 1.54 bits per heavy atom. The summed E-state index contributed by atoms with van der Waals surface area (Å²) in [6, 6.07) is 4.75. The van der Waals surface area contributed by atoms with Crippen LogP contribution < -0.4 is 5.73 Å². The Morgan fingerprint density at radius 2 is 2.31 bits per heavy atom. The van der Waals surface area contributed by atoms with E-state index < -0.39 is 0 Å². The minimum atomic E-state index is 0.445. The number of hydrogen-bond donors (Lipinski definition) is 1. The van der Waals surface area contributed by atoms with Gasteiger partial charge in [0.05, 0.1) is 3.79 Å². The van der Waals surface area contributed by atoms with E-state index in [4.69, 9.17) is 5.73 Å². The summed E-state index contributed by atoms with van der Waals surface area (Å²) in [4.78, 5) is 1.45. The van der Waals surface area contributed by atoms with Gasteiger partial charge in [-0.1, -0.05) is 0 Å². The first-order valence-corrected chi connectivity index (χ1v) is 6.36. The van der Waals surface area contributed by atoms with Crippen LogP contribution in [0.25, 0.3) is 0 Å². The van der Waals surface area contributed by atoms with Crippen molar-refractivity contribution in [2.75, 3.05) is 0 Å². The number of hydrogen-bond acceptors (Lipinski definition) is 2. The smallest absolute Gasteiger partial charge is 0.0701 e. The molecular weight excluding hydrogens is 246 g/mol. The molecule has 0 radical (unpaired) electrons. The summed E-state index contributed by atoms with van der Waals surface area (Å²) >= 11 is 5.29. The molecule has 2 rings (SSSR count). The lowest BCUT2D eigenvalue weighted by molar-refractivity contribution is 0.552. The van der Waals surface area contributed by atoms with E-state index in [1.54, 1.807) is 0 Å². The zero-order valence-electron chi connectivity index (χ0n) is 7.50. The van der Waals surface area contributed by atoms with Gasteiger partial charge < -0.3 is 5.73 Å².